The van der Waals surface area contributed by atoms with Gasteiger partial charge in [0.15, 0.2) is 0 Å². The van der Waals surface area contributed by atoms with E-state index in [-0.39, 0.29) is 12.5 Å². The monoisotopic (exact) mass is 570 g/mol. The fraction of sp³-hybridized carbons (Fsp3) is 0.562. The summed E-state index contributed by atoms with van der Waals surface area (Å²) in [5.74, 6) is 1.31. The van der Waals surface area contributed by atoms with Gasteiger partial charge < -0.3 is 24.8 Å². The molecule has 7 nitrogen and oxygen atoms in total. The molecule has 8 heteroatoms. The molecular formula is C32H43ClN2O5. The van der Waals surface area contributed by atoms with Gasteiger partial charge in [0.2, 0.25) is 0 Å². The van der Waals surface area contributed by atoms with Gasteiger partial charge in [-0.25, -0.2) is 4.79 Å². The summed E-state index contributed by atoms with van der Waals surface area (Å²) in [5.41, 5.74) is 3.62. The lowest BCUT2D eigenvalue weighted by Gasteiger charge is -2.25. The number of hydrogen-bond donors (Lipinski definition) is 2. The molecule has 218 valence electrons. The molecule has 0 bridgehead atoms. The minimum Gasteiger partial charge on any atom is -0.453 e. The van der Waals surface area contributed by atoms with Crippen LogP contribution in [-0.2, 0) is 14.2 Å². The number of nitrogens with one attached hydrogen (secondary N) is 2. The van der Waals surface area contributed by atoms with Crippen molar-refractivity contribution >= 4 is 23.6 Å². The number of carbonyl (C=O) groups is 2. The normalized spacial score (nSPS) is 19.1. The third-order valence-electron chi connectivity index (χ3n) is 7.96. The topological polar surface area (TPSA) is 85.9 Å². The van der Waals surface area contributed by atoms with Crippen molar-refractivity contribution in [3.05, 3.63) is 69.7 Å². The molecule has 2 aromatic carbocycles. The summed E-state index contributed by atoms with van der Waals surface area (Å²) in [6.45, 7) is 5.08. The summed E-state index contributed by atoms with van der Waals surface area (Å²) in [6.07, 6.45) is 7.07. The number of halogens is 1. The molecule has 0 radical (unpaired) electrons. The number of ether oxygens (including phenoxy) is 3. The Hall–Kier alpha value is -2.61. The highest BCUT2D eigenvalue weighted by Gasteiger charge is 2.24. The first-order chi connectivity index (χ1) is 19.4. The number of rotatable bonds is 12. The Morgan fingerprint density at radius 2 is 1.88 bits per heavy atom. The van der Waals surface area contributed by atoms with Crippen molar-refractivity contribution < 1.29 is 23.8 Å². The van der Waals surface area contributed by atoms with Gasteiger partial charge in [0.05, 0.1) is 13.7 Å². The fourth-order valence-electron chi connectivity index (χ4n) is 5.93. The van der Waals surface area contributed by atoms with E-state index >= 15 is 0 Å². The molecule has 40 heavy (non-hydrogen) atoms. The van der Waals surface area contributed by atoms with Gasteiger partial charge in [-0.05, 0) is 90.8 Å². The molecule has 2 amide bonds. The first kappa shape index (κ1) is 30.4. The van der Waals surface area contributed by atoms with Crippen molar-refractivity contribution in [3.8, 4) is 0 Å². The summed E-state index contributed by atoms with van der Waals surface area (Å²) in [4.78, 5) is 25.0. The second-order valence-corrected chi connectivity index (χ2v) is 11.7. The van der Waals surface area contributed by atoms with Gasteiger partial charge in [0.1, 0.15) is 6.10 Å². The van der Waals surface area contributed by atoms with Crippen LogP contribution in [0.5, 0.6) is 0 Å². The van der Waals surface area contributed by atoms with Crippen LogP contribution in [0.4, 0.5) is 4.79 Å². The van der Waals surface area contributed by atoms with Crippen LogP contribution in [0.3, 0.4) is 0 Å². The fourth-order valence-corrected chi connectivity index (χ4v) is 6.12. The van der Waals surface area contributed by atoms with Crippen LogP contribution in [0, 0.1) is 11.8 Å². The van der Waals surface area contributed by atoms with E-state index in [0.29, 0.717) is 41.4 Å². The molecule has 1 aliphatic carbocycles. The molecule has 1 saturated heterocycles. The van der Waals surface area contributed by atoms with E-state index < -0.39 is 12.2 Å². The molecule has 2 N–H and O–H groups in total. The van der Waals surface area contributed by atoms with Gasteiger partial charge in [-0.1, -0.05) is 49.6 Å². The molecule has 0 spiro atoms. The predicted molar refractivity (Wildman–Crippen MR) is 157 cm³/mol. The number of alkyl carbamates (subject to hydrolysis) is 1. The number of amides is 2. The van der Waals surface area contributed by atoms with Crippen molar-refractivity contribution in [2.24, 2.45) is 11.8 Å². The SMILES string of the molecule is COC(=O)NCCOC(c1cccc(Cl)c1)c1cc(C(=O)NC[C@@H](C)C[C@H]2CCCOC2)cc(C2CCCC2)c1. The minimum absolute atomic E-state index is 0.0648. The highest BCUT2D eigenvalue weighted by molar-refractivity contribution is 6.30. The predicted octanol–water partition coefficient (Wildman–Crippen LogP) is 6.64. The number of carbonyl (C=O) groups excluding carboxylic acids is 2. The molecule has 3 atom stereocenters. The largest absolute Gasteiger partial charge is 0.453 e. The Balaban J connectivity index is 1.54. The van der Waals surface area contributed by atoms with Crippen LogP contribution in [0.2, 0.25) is 5.02 Å². The second kappa shape index (κ2) is 15.4. The highest BCUT2D eigenvalue weighted by Crippen LogP contribution is 2.37. The van der Waals surface area contributed by atoms with Gasteiger partial charge in [-0.2, -0.15) is 0 Å². The summed E-state index contributed by atoms with van der Waals surface area (Å²) < 4.78 is 16.6. The van der Waals surface area contributed by atoms with Crippen LogP contribution in [-0.4, -0.2) is 52.0 Å². The van der Waals surface area contributed by atoms with E-state index in [9.17, 15) is 9.59 Å². The van der Waals surface area contributed by atoms with E-state index in [0.717, 1.165) is 50.0 Å². The first-order valence-electron chi connectivity index (χ1n) is 14.6. The average molecular weight is 571 g/mol. The number of methoxy groups -OCH3 is 1. The van der Waals surface area contributed by atoms with Crippen LogP contribution >= 0.6 is 11.6 Å². The molecule has 0 aromatic heterocycles. The lowest BCUT2D eigenvalue weighted by Crippen LogP contribution is -2.30. The number of benzene rings is 2. The Kier molecular flexibility index (Phi) is 11.7. The second-order valence-electron chi connectivity index (χ2n) is 11.2. The molecule has 1 unspecified atom stereocenters. The lowest BCUT2D eigenvalue weighted by molar-refractivity contribution is 0.0460. The van der Waals surface area contributed by atoms with Gasteiger partial charge in [-0.15, -0.1) is 0 Å². The maximum absolute atomic E-state index is 13.5. The molecule has 2 aliphatic rings. The van der Waals surface area contributed by atoms with E-state index in [4.69, 9.17) is 21.1 Å². The quantitative estimate of drug-likeness (QED) is 0.279. The van der Waals surface area contributed by atoms with Crippen LogP contribution < -0.4 is 10.6 Å². The Morgan fingerprint density at radius 1 is 1.05 bits per heavy atom. The van der Waals surface area contributed by atoms with Crippen LogP contribution in [0.1, 0.15) is 90.9 Å². The van der Waals surface area contributed by atoms with E-state index in [1.54, 1.807) is 0 Å². The van der Waals surface area contributed by atoms with Crippen molar-refractivity contribution in [1.82, 2.24) is 10.6 Å². The first-order valence-corrected chi connectivity index (χ1v) is 15.0. The maximum Gasteiger partial charge on any atom is 0.406 e. The average Bonchev–Trinajstić information content (AvgIpc) is 3.51. The Bertz CT molecular complexity index is 1110. The Labute approximate surface area is 243 Å². The van der Waals surface area contributed by atoms with Gasteiger partial charge in [0.25, 0.3) is 5.91 Å². The highest BCUT2D eigenvalue weighted by atomic mass is 35.5. The number of hydrogen-bond acceptors (Lipinski definition) is 5. The zero-order chi connectivity index (χ0) is 28.3. The minimum atomic E-state index is -0.504. The van der Waals surface area contributed by atoms with Gasteiger partial charge >= 0.3 is 6.09 Å². The zero-order valence-corrected chi connectivity index (χ0v) is 24.5. The molecule has 4 rings (SSSR count). The lowest BCUT2D eigenvalue weighted by atomic mass is 9.90. The summed E-state index contributed by atoms with van der Waals surface area (Å²) in [5, 5.41) is 6.46. The molecule has 2 fully saturated rings. The van der Waals surface area contributed by atoms with E-state index in [1.165, 1.54) is 31.9 Å². The van der Waals surface area contributed by atoms with Gasteiger partial charge in [-0.3, -0.25) is 4.79 Å². The molecular weight excluding hydrogens is 528 g/mol. The molecule has 2 aromatic rings. The van der Waals surface area contributed by atoms with Crippen molar-refractivity contribution in [2.45, 2.75) is 63.9 Å². The zero-order valence-electron chi connectivity index (χ0n) is 23.8. The smallest absolute Gasteiger partial charge is 0.406 e. The summed E-state index contributed by atoms with van der Waals surface area (Å²) in [6, 6.07) is 13.8. The summed E-state index contributed by atoms with van der Waals surface area (Å²) in [7, 11) is 1.33. The van der Waals surface area contributed by atoms with E-state index in [1.807, 2.05) is 30.3 Å². The van der Waals surface area contributed by atoms with Crippen LogP contribution in [0.15, 0.2) is 42.5 Å². The summed E-state index contributed by atoms with van der Waals surface area (Å²) >= 11 is 6.35. The van der Waals surface area contributed by atoms with Gasteiger partial charge in [0, 0.05) is 36.9 Å². The Morgan fingerprint density at radius 3 is 2.60 bits per heavy atom. The maximum atomic E-state index is 13.5. The standard InChI is InChI=1S/C32H43ClN2O5/c1-22(15-23-7-6-13-39-21-23)20-35-31(36)28-17-26(24-8-3-4-9-24)16-27(18-28)30(25-10-5-11-29(33)19-25)40-14-12-34-32(37)38-2/h5,10-11,16-19,22-24,30H,3-4,6-9,12-15,20-21H2,1-2H3,(H,34,37)(H,35,36)/t22-,23+,30?/m0/s1. The van der Waals surface area contributed by atoms with E-state index in [2.05, 4.69) is 34.4 Å². The molecule has 1 saturated carbocycles. The third-order valence-corrected chi connectivity index (χ3v) is 8.20. The van der Waals surface area contributed by atoms with Crippen molar-refractivity contribution in [1.29, 1.82) is 0 Å². The third kappa shape index (κ3) is 8.95. The van der Waals surface area contributed by atoms with Crippen molar-refractivity contribution in [3.63, 3.8) is 0 Å². The van der Waals surface area contributed by atoms with Crippen LogP contribution in [0.25, 0.3) is 0 Å². The van der Waals surface area contributed by atoms with Crippen molar-refractivity contribution in [2.75, 3.05) is 40.0 Å². The molecule has 1 aliphatic heterocycles. The molecule has 1 heterocycles.